The zero-order chi connectivity index (χ0) is 42.4. The van der Waals surface area contributed by atoms with Crippen LogP contribution in [-0.2, 0) is 47.9 Å². The molecule has 312 valence electrons. The molecule has 8 atom stereocenters. The van der Waals surface area contributed by atoms with Gasteiger partial charge in [0.15, 0.2) is 0 Å². The molecule has 0 aromatic carbocycles. The van der Waals surface area contributed by atoms with Crippen LogP contribution in [-0.4, -0.2) is 136 Å². The van der Waals surface area contributed by atoms with Gasteiger partial charge in [0.25, 0.3) is 0 Å². The molecule has 0 rings (SSSR count). The van der Waals surface area contributed by atoms with E-state index in [0.717, 1.165) is 6.92 Å². The maximum absolute atomic E-state index is 13.2. The molecule has 0 unspecified atom stereocenters. The predicted molar refractivity (Wildman–Crippen MR) is 192 cm³/mol. The summed E-state index contributed by atoms with van der Waals surface area (Å²) in [5.41, 5.74) is 16.8. The monoisotopic (exact) mass is 788 g/mol. The maximum atomic E-state index is 13.2. The Balaban J connectivity index is 5.67. The highest BCUT2D eigenvalue weighted by atomic mass is 16.4. The van der Waals surface area contributed by atoms with Crippen molar-refractivity contribution in [1.29, 1.82) is 0 Å². The summed E-state index contributed by atoms with van der Waals surface area (Å²) >= 11 is 0. The number of carboxylic acid groups (broad SMARTS) is 3. The largest absolute Gasteiger partial charge is 0.481 e. The third-order valence-corrected chi connectivity index (χ3v) is 7.89. The van der Waals surface area contributed by atoms with E-state index in [0.29, 0.717) is 38.6 Å². The Morgan fingerprint density at radius 3 is 1.13 bits per heavy atom. The van der Waals surface area contributed by atoms with Crippen molar-refractivity contribution in [3.63, 3.8) is 0 Å². The van der Waals surface area contributed by atoms with Gasteiger partial charge in [-0.3, -0.25) is 47.9 Å². The molecule has 0 saturated carbocycles. The van der Waals surface area contributed by atoms with E-state index >= 15 is 0 Å². The number of nitrogens with two attached hydrogens (primary N) is 3. The second kappa shape index (κ2) is 25.6. The molecule has 0 aliphatic rings. The number of carbonyl (C=O) groups excluding carboxylic acids is 7. The predicted octanol–water partition coefficient (Wildman–Crippen LogP) is -4.92. The van der Waals surface area contributed by atoms with Crippen molar-refractivity contribution in [3.8, 4) is 0 Å². The summed E-state index contributed by atoms with van der Waals surface area (Å²) in [6.45, 7) is 5.47. The first kappa shape index (κ1) is 49.6. The van der Waals surface area contributed by atoms with Crippen LogP contribution in [0.25, 0.3) is 0 Å². The molecule has 0 saturated heterocycles. The Morgan fingerprint density at radius 1 is 0.436 bits per heavy atom. The number of aliphatic carboxylic acids is 3. The van der Waals surface area contributed by atoms with E-state index < -0.39 is 120 Å². The average Bonchev–Trinajstić information content (AvgIpc) is 3.09. The van der Waals surface area contributed by atoms with Crippen LogP contribution in [0.2, 0.25) is 0 Å². The van der Waals surface area contributed by atoms with Crippen molar-refractivity contribution in [1.82, 2.24) is 37.2 Å². The average molecular weight is 789 g/mol. The third-order valence-electron chi connectivity index (χ3n) is 7.89. The fourth-order valence-corrected chi connectivity index (χ4v) is 4.58. The van der Waals surface area contributed by atoms with Crippen LogP contribution in [0.1, 0.15) is 79.1 Å². The standard InChI is InChI=1S/C32H56N10O13/c1-15(36-28(50)19(35)9-5-7-11-33)26(48)41-21(13-23(43)44)30(52)38-16(2)25(47)40-20(10-6-8-12-34)29(51)37-17(3)27(49)42-22(14-24(45)46)31(53)39-18(4)32(54)55/h15-22H,5-14,33-35H2,1-4H3,(H,36,50)(H,37,51)(H,38,52)(H,39,53)(H,40,47)(H,41,48)(H,42,49)(H,43,44)(H,45,46)(H,54,55)/t15-,16-,17-,18-,19-,20-,21-,22-/m0/s1. The molecule has 0 aliphatic heterocycles. The number of carboxylic acids is 3. The quantitative estimate of drug-likeness (QED) is 0.0347. The summed E-state index contributed by atoms with van der Waals surface area (Å²) < 4.78 is 0. The SMILES string of the molecule is C[C@H](NC(=O)[C@H](CC(=O)O)NC(=O)[C@H](C)NC(=O)[C@H](CCCCN)NC(=O)[C@H](C)NC(=O)[C@H](CC(=O)O)NC(=O)[C@H](C)NC(=O)[C@@H](N)CCCCN)C(=O)O. The van der Waals surface area contributed by atoms with Crippen LogP contribution in [0.3, 0.4) is 0 Å². The lowest BCUT2D eigenvalue weighted by molar-refractivity contribution is -0.143. The number of rotatable bonds is 27. The van der Waals surface area contributed by atoms with Crippen molar-refractivity contribution in [2.24, 2.45) is 17.2 Å². The number of amides is 7. The molecule has 0 fully saturated rings. The van der Waals surface area contributed by atoms with Crippen molar-refractivity contribution in [2.75, 3.05) is 13.1 Å². The van der Waals surface area contributed by atoms with Gasteiger partial charge in [-0.25, -0.2) is 0 Å². The first-order valence-electron chi connectivity index (χ1n) is 17.6. The molecule has 0 aliphatic carbocycles. The second-order valence-electron chi connectivity index (χ2n) is 12.8. The van der Waals surface area contributed by atoms with Gasteiger partial charge in [-0.2, -0.15) is 0 Å². The smallest absolute Gasteiger partial charge is 0.325 e. The lowest BCUT2D eigenvalue weighted by Gasteiger charge is -2.25. The topological polar surface area (TPSA) is 394 Å². The first-order chi connectivity index (χ1) is 25.6. The van der Waals surface area contributed by atoms with Crippen LogP contribution in [0, 0.1) is 0 Å². The number of carbonyl (C=O) groups is 10. The number of unbranched alkanes of at least 4 members (excludes halogenated alkanes) is 2. The fourth-order valence-electron chi connectivity index (χ4n) is 4.58. The summed E-state index contributed by atoms with van der Waals surface area (Å²) in [6.07, 6.45) is 0.447. The van der Waals surface area contributed by atoms with Crippen molar-refractivity contribution < 1.29 is 63.3 Å². The molecule has 7 amide bonds. The molecule has 55 heavy (non-hydrogen) atoms. The summed E-state index contributed by atoms with van der Waals surface area (Å²) in [6, 6.07) is -11.1. The van der Waals surface area contributed by atoms with Crippen LogP contribution < -0.4 is 54.4 Å². The van der Waals surface area contributed by atoms with Gasteiger partial charge in [-0.15, -0.1) is 0 Å². The van der Waals surface area contributed by atoms with Crippen LogP contribution in [0.5, 0.6) is 0 Å². The molecular formula is C32H56N10O13. The zero-order valence-electron chi connectivity index (χ0n) is 31.3. The van der Waals surface area contributed by atoms with E-state index in [2.05, 4.69) is 31.9 Å². The van der Waals surface area contributed by atoms with E-state index in [-0.39, 0.29) is 13.0 Å². The lowest BCUT2D eigenvalue weighted by atomic mass is 10.1. The summed E-state index contributed by atoms with van der Waals surface area (Å²) in [7, 11) is 0. The molecule has 0 radical (unpaired) electrons. The van der Waals surface area contributed by atoms with Gasteiger partial charge >= 0.3 is 17.9 Å². The highest BCUT2D eigenvalue weighted by molar-refractivity contribution is 5.98. The van der Waals surface area contributed by atoms with E-state index in [9.17, 15) is 58.2 Å². The van der Waals surface area contributed by atoms with Crippen molar-refractivity contribution >= 4 is 59.3 Å². The van der Waals surface area contributed by atoms with Gasteiger partial charge in [0, 0.05) is 0 Å². The maximum Gasteiger partial charge on any atom is 0.325 e. The Labute approximate surface area is 317 Å². The molecule has 0 spiro atoms. The number of nitrogens with one attached hydrogen (secondary N) is 7. The summed E-state index contributed by atoms with van der Waals surface area (Å²) in [4.78, 5) is 124. The third kappa shape index (κ3) is 20.0. The van der Waals surface area contributed by atoms with Crippen molar-refractivity contribution in [2.45, 2.75) is 127 Å². The summed E-state index contributed by atoms with van der Waals surface area (Å²) in [5, 5.41) is 43.4. The number of hydrogen-bond donors (Lipinski definition) is 13. The van der Waals surface area contributed by atoms with Gasteiger partial charge in [0.05, 0.1) is 18.9 Å². The van der Waals surface area contributed by atoms with Crippen molar-refractivity contribution in [3.05, 3.63) is 0 Å². The van der Waals surface area contributed by atoms with E-state index in [1.54, 1.807) is 0 Å². The van der Waals surface area contributed by atoms with E-state index in [1.165, 1.54) is 20.8 Å². The molecule has 0 heterocycles. The van der Waals surface area contributed by atoms with Gasteiger partial charge in [-0.1, -0.05) is 6.42 Å². The Bertz CT molecular complexity index is 1380. The van der Waals surface area contributed by atoms with Gasteiger partial charge < -0.3 is 69.7 Å². The van der Waals surface area contributed by atoms with Gasteiger partial charge in [0.1, 0.15) is 42.3 Å². The first-order valence-corrected chi connectivity index (χ1v) is 17.6. The molecular weight excluding hydrogens is 732 g/mol. The molecule has 23 nitrogen and oxygen atoms in total. The highest BCUT2D eigenvalue weighted by Crippen LogP contribution is 2.05. The molecule has 16 N–H and O–H groups in total. The minimum Gasteiger partial charge on any atom is -0.481 e. The minimum absolute atomic E-state index is 0.00111. The zero-order valence-corrected chi connectivity index (χ0v) is 31.3. The second-order valence-corrected chi connectivity index (χ2v) is 12.8. The minimum atomic E-state index is -1.71. The highest BCUT2D eigenvalue weighted by Gasteiger charge is 2.32. The van der Waals surface area contributed by atoms with Crippen LogP contribution >= 0.6 is 0 Å². The molecule has 0 bridgehead atoms. The van der Waals surface area contributed by atoms with Gasteiger partial charge in [0.2, 0.25) is 41.4 Å². The Hall–Kier alpha value is -5.42. The molecule has 23 heteroatoms. The van der Waals surface area contributed by atoms with E-state index in [1.807, 2.05) is 5.32 Å². The molecule has 0 aromatic rings. The Morgan fingerprint density at radius 2 is 0.764 bits per heavy atom. The van der Waals surface area contributed by atoms with Crippen LogP contribution in [0.4, 0.5) is 0 Å². The number of hydrogen-bond acceptors (Lipinski definition) is 13. The lowest BCUT2D eigenvalue weighted by Crippen LogP contribution is -2.59. The van der Waals surface area contributed by atoms with Gasteiger partial charge in [-0.05, 0) is 72.9 Å². The molecule has 0 aromatic heterocycles. The van der Waals surface area contributed by atoms with E-state index in [4.69, 9.17) is 22.3 Å². The fraction of sp³-hybridized carbons (Fsp3) is 0.688. The Kier molecular flexibility index (Phi) is 23.1. The van der Waals surface area contributed by atoms with Crippen LogP contribution in [0.15, 0.2) is 0 Å². The normalized spacial score (nSPS) is 15.2. The summed E-state index contributed by atoms with van der Waals surface area (Å²) in [5.74, 6) is -11.0.